The van der Waals surface area contributed by atoms with Gasteiger partial charge in [0.25, 0.3) is 0 Å². The van der Waals surface area contributed by atoms with Crippen LogP contribution < -0.4 is 24.7 Å². The normalized spacial score (nSPS) is 17.2. The monoisotopic (exact) mass is 773 g/mol. The molecule has 4 aliphatic rings. The van der Waals surface area contributed by atoms with E-state index in [1.54, 1.807) is 12.1 Å². The Hall–Kier alpha value is -5.98. The minimum absolute atomic E-state index is 0.0678. The number of aliphatic carboxylic acids is 1. The van der Waals surface area contributed by atoms with E-state index in [0.29, 0.717) is 30.8 Å². The van der Waals surface area contributed by atoms with Crippen molar-refractivity contribution in [1.29, 1.82) is 0 Å². The lowest BCUT2D eigenvalue weighted by molar-refractivity contribution is -0.140. The van der Waals surface area contributed by atoms with E-state index in [4.69, 9.17) is 34.9 Å². The number of aromatic nitrogens is 2. The number of H-pyrrole nitrogens is 2. The van der Waals surface area contributed by atoms with Crippen molar-refractivity contribution in [1.82, 2.24) is 9.97 Å². The molecule has 2 fully saturated rings. The van der Waals surface area contributed by atoms with Crippen molar-refractivity contribution >= 4 is 39.2 Å². The van der Waals surface area contributed by atoms with Crippen molar-refractivity contribution in [2.75, 3.05) is 32.5 Å². The fraction of sp³-hybridized carbons (Fsp3) is 0.333. The van der Waals surface area contributed by atoms with Crippen LogP contribution in [0, 0.1) is 0 Å². The lowest BCUT2D eigenvalue weighted by Gasteiger charge is -2.15. The molecule has 6 aromatic rings. The smallest absolute Gasteiger partial charge is 0.314 e. The third kappa shape index (κ3) is 7.50. The Balaban J connectivity index is 0.000000132. The predicted octanol–water partition coefficient (Wildman–Crippen LogP) is 7.21. The third-order valence-electron chi connectivity index (χ3n) is 11.6. The van der Waals surface area contributed by atoms with Crippen LogP contribution >= 0.6 is 0 Å². The quantitative estimate of drug-likeness (QED) is 0.0776. The summed E-state index contributed by atoms with van der Waals surface area (Å²) in [7, 11) is 0. The number of ether oxygens (including phenoxy) is 4. The summed E-state index contributed by atoms with van der Waals surface area (Å²) in [4.78, 5) is 30.9. The molecule has 2 unspecified atom stereocenters. The highest BCUT2D eigenvalue weighted by atomic mass is 16.7. The van der Waals surface area contributed by atoms with Crippen molar-refractivity contribution in [2.24, 2.45) is 0 Å². The summed E-state index contributed by atoms with van der Waals surface area (Å²) in [5.41, 5.74) is 12.4. The third-order valence-corrected chi connectivity index (χ3v) is 11.6. The molecule has 0 bridgehead atoms. The molecule has 0 saturated heterocycles. The summed E-state index contributed by atoms with van der Waals surface area (Å²) >= 11 is 0. The van der Waals surface area contributed by atoms with Gasteiger partial charge in [0, 0.05) is 51.8 Å². The summed E-state index contributed by atoms with van der Waals surface area (Å²) in [5.74, 6) is 2.54. The predicted molar refractivity (Wildman–Crippen MR) is 215 cm³/mol. The molecule has 7 N–H and O–H groups in total. The van der Waals surface area contributed by atoms with Crippen molar-refractivity contribution in [3.8, 4) is 23.0 Å². The number of nitrogen functional groups attached to an aromatic ring is 1. The lowest BCUT2D eigenvalue weighted by atomic mass is 9.87. The summed E-state index contributed by atoms with van der Waals surface area (Å²) in [5, 5.41) is 29.7. The Bertz CT molecular complexity index is 2460. The van der Waals surface area contributed by atoms with E-state index in [1.165, 1.54) is 0 Å². The van der Waals surface area contributed by atoms with Crippen LogP contribution in [0.25, 0.3) is 21.8 Å². The summed E-state index contributed by atoms with van der Waals surface area (Å²) in [6, 6.07) is 27.2. The number of aromatic amines is 2. The number of hydrogen-bond acceptors (Lipinski definition) is 9. The molecule has 2 atom stereocenters. The molecule has 0 spiro atoms. The van der Waals surface area contributed by atoms with Crippen LogP contribution in [0.3, 0.4) is 0 Å². The van der Waals surface area contributed by atoms with Crippen molar-refractivity contribution < 1.29 is 43.9 Å². The van der Waals surface area contributed by atoms with Gasteiger partial charge in [-0.2, -0.15) is 0 Å². The summed E-state index contributed by atoms with van der Waals surface area (Å²) < 4.78 is 21.3. The van der Waals surface area contributed by atoms with Crippen LogP contribution in [0.15, 0.2) is 84.9 Å². The summed E-state index contributed by atoms with van der Waals surface area (Å²) in [6.07, 6.45) is 3.61. The van der Waals surface area contributed by atoms with E-state index in [2.05, 4.69) is 22.1 Å². The topological polar surface area (TPSA) is 189 Å². The number of aliphatic hydroxyl groups is 2. The minimum atomic E-state index is -0.749. The molecule has 2 saturated carbocycles. The first-order valence-corrected chi connectivity index (χ1v) is 19.3. The number of aliphatic hydroxyl groups excluding tert-OH is 2. The first kappa shape index (κ1) is 37.9. The van der Waals surface area contributed by atoms with Gasteiger partial charge in [-0.15, -0.1) is 0 Å². The number of Topliss-reactive ketones (excluding diaryl/α,β-unsaturated/α-hetero) is 1. The molecule has 10 rings (SSSR count). The maximum absolute atomic E-state index is 13.2. The van der Waals surface area contributed by atoms with Crippen LogP contribution in [0.2, 0.25) is 0 Å². The van der Waals surface area contributed by atoms with E-state index < -0.39 is 11.4 Å². The van der Waals surface area contributed by atoms with Gasteiger partial charge in [-0.3, -0.25) is 9.59 Å². The van der Waals surface area contributed by atoms with E-state index in [0.717, 1.165) is 79.9 Å². The van der Waals surface area contributed by atoms with Gasteiger partial charge in [0.15, 0.2) is 23.0 Å². The van der Waals surface area contributed by atoms with E-state index >= 15 is 0 Å². The number of benzene rings is 4. The van der Waals surface area contributed by atoms with E-state index in [9.17, 15) is 14.7 Å². The average Bonchev–Trinajstić information content (AvgIpc) is 3.93. The number of fused-ring (bicyclic) bond motifs is 4. The van der Waals surface area contributed by atoms with Crippen molar-refractivity contribution in [3.63, 3.8) is 0 Å². The number of anilines is 1. The molecule has 296 valence electrons. The Labute approximate surface area is 329 Å². The zero-order chi connectivity index (χ0) is 39.9. The number of carboxylic acid groups (broad SMARTS) is 1. The summed E-state index contributed by atoms with van der Waals surface area (Å²) in [6.45, 7) is 4.69. The number of carboxylic acids is 1. The number of nitrogens with two attached hydrogens (primary N) is 1. The maximum atomic E-state index is 13.2. The van der Waals surface area contributed by atoms with Gasteiger partial charge < -0.3 is 50.0 Å². The minimum Gasteiger partial charge on any atom is -0.481 e. The molecule has 57 heavy (non-hydrogen) atoms. The molecule has 4 heterocycles. The van der Waals surface area contributed by atoms with E-state index in [-0.39, 0.29) is 49.8 Å². The highest BCUT2D eigenvalue weighted by Gasteiger charge is 2.52. The molecule has 4 aromatic carbocycles. The van der Waals surface area contributed by atoms with Gasteiger partial charge in [0.05, 0.1) is 24.0 Å². The van der Waals surface area contributed by atoms with Gasteiger partial charge in [0.1, 0.15) is 5.78 Å². The Kier molecular flexibility index (Phi) is 10.1. The highest BCUT2D eigenvalue weighted by Crippen LogP contribution is 2.52. The van der Waals surface area contributed by atoms with E-state index in [1.807, 2.05) is 74.5 Å². The fourth-order valence-electron chi connectivity index (χ4n) is 7.56. The van der Waals surface area contributed by atoms with Crippen molar-refractivity contribution in [3.05, 3.63) is 113 Å². The SMILES string of the molecule is CC(CO)c1cc2cc(CC(=O)C3(c4ccc5c(c4)OCO5)CC3)ccc2[nH]1.CC(CO)c1cc2cc(N)ccc2[nH]1.O=C(O)C1(c2ccc3c(c2)OCO3)CC1. The average molecular weight is 774 g/mol. The zero-order valence-electron chi connectivity index (χ0n) is 32.0. The molecule has 2 aliphatic heterocycles. The molecular formula is C45H47N3O9. The number of carbonyl (C=O) groups is 2. The number of ketones is 1. The van der Waals surface area contributed by atoms with Crippen LogP contribution in [-0.2, 0) is 26.8 Å². The second-order valence-corrected chi connectivity index (χ2v) is 15.6. The standard InChI is InChI=1S/C23H23NO4.C11H14N2O.C11H10O4/c1-14(12-25)19-10-16-8-15(2-4-18(16)24-19)9-22(26)23(6-7-23)17-3-5-20-21(11-17)28-13-27-20;1-7(6-14)11-5-8-4-9(12)2-3-10(8)13-11;12-10(13)11(3-4-11)7-1-2-8-9(5-7)15-6-14-8/h2-5,8,10-11,14,24-25H,6-7,9,12-13H2,1H3;2-5,7,13-14H,6,12H2,1H3;1-2,5H,3-4,6H2,(H,12,13). The number of nitrogens with one attached hydrogen (secondary N) is 2. The Morgan fingerprint density at radius 1 is 0.649 bits per heavy atom. The number of rotatable bonds is 10. The van der Waals surface area contributed by atoms with Crippen LogP contribution in [-0.4, -0.2) is 63.8 Å². The lowest BCUT2D eigenvalue weighted by Crippen LogP contribution is -2.22. The second kappa shape index (κ2) is 15.2. The molecule has 2 aromatic heterocycles. The number of carbonyl (C=O) groups excluding carboxylic acids is 1. The van der Waals surface area contributed by atoms with Crippen molar-refractivity contribution in [2.45, 2.75) is 68.6 Å². The largest absolute Gasteiger partial charge is 0.481 e. The Morgan fingerprint density at radius 3 is 1.65 bits per heavy atom. The second-order valence-electron chi connectivity index (χ2n) is 15.6. The first-order valence-electron chi connectivity index (χ1n) is 19.3. The molecule has 12 heteroatoms. The van der Waals surface area contributed by atoms with Crippen LogP contribution in [0.4, 0.5) is 5.69 Å². The van der Waals surface area contributed by atoms with Gasteiger partial charge in [-0.25, -0.2) is 0 Å². The molecule has 12 nitrogen and oxygen atoms in total. The van der Waals surface area contributed by atoms with Gasteiger partial charge in [0.2, 0.25) is 13.6 Å². The molecular weight excluding hydrogens is 727 g/mol. The van der Waals surface area contributed by atoms with Crippen LogP contribution in [0.5, 0.6) is 23.0 Å². The van der Waals surface area contributed by atoms with Gasteiger partial charge in [-0.1, -0.05) is 32.0 Å². The highest BCUT2D eigenvalue weighted by molar-refractivity contribution is 5.95. The first-order chi connectivity index (χ1) is 27.5. The maximum Gasteiger partial charge on any atom is 0.314 e. The van der Waals surface area contributed by atoms with Crippen LogP contribution in [0.1, 0.15) is 79.4 Å². The molecule has 2 aliphatic carbocycles. The van der Waals surface area contributed by atoms with Gasteiger partial charge >= 0.3 is 5.97 Å². The number of hydrogen-bond donors (Lipinski definition) is 6. The molecule has 0 radical (unpaired) electrons. The Morgan fingerprint density at radius 2 is 1.14 bits per heavy atom. The zero-order valence-corrected chi connectivity index (χ0v) is 32.0. The fourth-order valence-corrected chi connectivity index (χ4v) is 7.56. The molecule has 0 amide bonds. The van der Waals surface area contributed by atoms with Gasteiger partial charge in [-0.05, 0) is 114 Å².